The van der Waals surface area contributed by atoms with Crippen LogP contribution < -0.4 is 26.4 Å². The maximum absolute atomic E-state index is 7.34. The van der Waals surface area contributed by atoms with E-state index < -0.39 is 0 Å². The second kappa shape index (κ2) is 13.3. The Labute approximate surface area is 364 Å². The van der Waals surface area contributed by atoms with E-state index in [0.717, 1.165) is 40.8 Å². The molecule has 0 N–H and O–H groups in total. The molecule has 308 valence electrons. The Kier molecular flexibility index (Phi) is 8.62. The first kappa shape index (κ1) is 39.6. The molecule has 0 atom stereocenters. The minimum atomic E-state index is -0.0949. The molecule has 3 nitrogen and oxygen atoms in total. The van der Waals surface area contributed by atoms with Gasteiger partial charge < -0.3 is 14.2 Å². The Morgan fingerprint density at radius 2 is 1.11 bits per heavy atom. The molecule has 1 aliphatic carbocycles. The lowest BCUT2D eigenvalue weighted by Gasteiger charge is -2.46. The summed E-state index contributed by atoms with van der Waals surface area (Å²) >= 11 is 0. The molecule has 0 radical (unpaired) electrons. The van der Waals surface area contributed by atoms with Crippen molar-refractivity contribution >= 4 is 68.4 Å². The molecule has 3 heterocycles. The van der Waals surface area contributed by atoms with Crippen LogP contribution in [-0.4, -0.2) is 6.71 Å². The van der Waals surface area contributed by atoms with E-state index in [0.29, 0.717) is 0 Å². The summed E-state index contributed by atoms with van der Waals surface area (Å²) in [7, 11) is 0. The first-order chi connectivity index (χ1) is 28.7. The quantitative estimate of drug-likeness (QED) is 0.166. The van der Waals surface area contributed by atoms with Gasteiger partial charge in [-0.1, -0.05) is 124 Å². The number of hydrogen-bond donors (Lipinski definition) is 0. The summed E-state index contributed by atoms with van der Waals surface area (Å²) in [4.78, 5) is 5.11. The molecule has 0 spiro atoms. The van der Waals surface area contributed by atoms with Crippen LogP contribution in [0, 0.1) is 20.8 Å². The number of benzene rings is 6. The normalized spacial score (nSPS) is 16.3. The standard InChI is InChI=1S/C57H61BN2O/c1-34-29-47-51-48(30-34)60(41-22-17-37(18-23-41)50-35(2)15-14-16-36(50)3)52-42-31-39(55(7,8)9)21-26-49(42)61-53(52)58(51)45-32-43-44(57(12,13)28-27-56(43,10)11)33-46(45)59(47)40-24-19-38(20-25-40)54(4,5)6/h14-26,29-33H,27-28H2,1-13H3. The van der Waals surface area contributed by atoms with Crippen LogP contribution in [0.3, 0.4) is 0 Å². The van der Waals surface area contributed by atoms with E-state index in [1.54, 1.807) is 0 Å². The van der Waals surface area contributed by atoms with Crippen molar-refractivity contribution in [3.63, 3.8) is 0 Å². The molecular weight excluding hydrogens is 739 g/mol. The van der Waals surface area contributed by atoms with E-state index in [1.807, 2.05) is 0 Å². The molecule has 6 aromatic carbocycles. The molecule has 61 heavy (non-hydrogen) atoms. The zero-order chi connectivity index (χ0) is 43.1. The third kappa shape index (κ3) is 6.14. The number of anilines is 6. The number of hydrogen-bond acceptors (Lipinski definition) is 3. The lowest BCUT2D eigenvalue weighted by molar-refractivity contribution is 0.332. The maximum atomic E-state index is 7.34. The first-order valence-corrected chi connectivity index (χ1v) is 22.5. The van der Waals surface area contributed by atoms with Crippen LogP contribution in [0.4, 0.5) is 34.1 Å². The van der Waals surface area contributed by atoms with E-state index in [9.17, 15) is 0 Å². The summed E-state index contributed by atoms with van der Waals surface area (Å²) in [5.74, 6) is 0. The Balaban J connectivity index is 1.30. The summed E-state index contributed by atoms with van der Waals surface area (Å²) in [5, 5.41) is 1.16. The van der Waals surface area contributed by atoms with Crippen molar-refractivity contribution in [3.05, 3.63) is 148 Å². The molecule has 1 aromatic heterocycles. The molecule has 0 saturated heterocycles. The molecule has 4 heteroatoms. The summed E-state index contributed by atoms with van der Waals surface area (Å²) in [6.45, 7) is 30.2. The van der Waals surface area contributed by atoms with Crippen LogP contribution in [-0.2, 0) is 21.7 Å². The van der Waals surface area contributed by atoms with Gasteiger partial charge in [-0.25, -0.2) is 0 Å². The van der Waals surface area contributed by atoms with Crippen molar-refractivity contribution in [2.45, 2.75) is 125 Å². The molecule has 3 aliphatic rings. The fourth-order valence-electron chi connectivity index (χ4n) is 10.8. The molecule has 0 saturated carbocycles. The Bertz CT molecular complexity index is 2890. The number of nitrogens with zero attached hydrogens (tertiary/aromatic N) is 2. The number of aryl methyl sites for hydroxylation is 3. The zero-order valence-corrected chi connectivity index (χ0v) is 38.7. The van der Waals surface area contributed by atoms with Crippen LogP contribution in [0.15, 0.2) is 114 Å². The van der Waals surface area contributed by atoms with Gasteiger partial charge >= 0.3 is 0 Å². The van der Waals surface area contributed by atoms with Crippen LogP contribution in [0.25, 0.3) is 22.1 Å². The van der Waals surface area contributed by atoms with Gasteiger partial charge in [-0.15, -0.1) is 0 Å². The van der Waals surface area contributed by atoms with Crippen molar-refractivity contribution in [2.24, 2.45) is 0 Å². The average molecular weight is 801 g/mol. The van der Waals surface area contributed by atoms with Crippen molar-refractivity contribution in [1.82, 2.24) is 0 Å². The second-order valence-electron chi connectivity index (χ2n) is 21.9. The van der Waals surface area contributed by atoms with Gasteiger partial charge in [-0.05, 0) is 171 Å². The van der Waals surface area contributed by atoms with Gasteiger partial charge in [0.05, 0.1) is 11.3 Å². The third-order valence-corrected chi connectivity index (χ3v) is 14.5. The van der Waals surface area contributed by atoms with E-state index in [-0.39, 0.29) is 28.4 Å². The monoisotopic (exact) mass is 800 g/mol. The minimum absolute atomic E-state index is 0.0233. The summed E-state index contributed by atoms with van der Waals surface area (Å²) < 4.78 is 7.34. The minimum Gasteiger partial charge on any atom is -0.468 e. The second-order valence-corrected chi connectivity index (χ2v) is 21.9. The number of fused-ring (bicyclic) bond motifs is 7. The average Bonchev–Trinajstić information content (AvgIpc) is 3.57. The highest BCUT2D eigenvalue weighted by atomic mass is 16.3. The van der Waals surface area contributed by atoms with Gasteiger partial charge in [0.15, 0.2) is 0 Å². The van der Waals surface area contributed by atoms with Gasteiger partial charge in [0.2, 0.25) is 0 Å². The Morgan fingerprint density at radius 1 is 0.574 bits per heavy atom. The molecule has 2 aliphatic heterocycles. The highest BCUT2D eigenvalue weighted by Gasteiger charge is 2.49. The van der Waals surface area contributed by atoms with Crippen LogP contribution in [0.1, 0.15) is 121 Å². The van der Waals surface area contributed by atoms with Crippen molar-refractivity contribution in [3.8, 4) is 11.1 Å². The van der Waals surface area contributed by atoms with Gasteiger partial charge in [0, 0.05) is 33.8 Å². The highest BCUT2D eigenvalue weighted by molar-refractivity contribution is 7.00. The lowest BCUT2D eigenvalue weighted by atomic mass is 9.35. The lowest BCUT2D eigenvalue weighted by Crippen LogP contribution is -2.61. The fourth-order valence-corrected chi connectivity index (χ4v) is 10.8. The van der Waals surface area contributed by atoms with Crippen molar-refractivity contribution in [1.29, 1.82) is 0 Å². The highest BCUT2D eigenvalue weighted by Crippen LogP contribution is 2.52. The predicted octanol–water partition coefficient (Wildman–Crippen LogP) is 14.1. The smallest absolute Gasteiger partial charge is 0.297 e. The van der Waals surface area contributed by atoms with Gasteiger partial charge in [-0.2, -0.15) is 0 Å². The first-order valence-electron chi connectivity index (χ1n) is 22.5. The summed E-state index contributed by atoms with van der Waals surface area (Å²) in [5.41, 5.74) is 23.8. The van der Waals surface area contributed by atoms with E-state index in [4.69, 9.17) is 4.42 Å². The number of rotatable bonds is 3. The van der Waals surface area contributed by atoms with Gasteiger partial charge in [-0.3, -0.25) is 0 Å². The van der Waals surface area contributed by atoms with E-state index in [1.165, 1.54) is 83.7 Å². The Morgan fingerprint density at radius 3 is 1.72 bits per heavy atom. The SMILES string of the molecule is Cc1cc2c3c(c1)N(c1ccc(-c4c(C)cccc4C)cc1)c1c(oc4ccc(C(C)(C)C)cc14)B3c1cc3c(cc1N2c1ccc(C(C)(C)C)cc1)C(C)(C)CCC3(C)C. The predicted molar refractivity (Wildman–Crippen MR) is 263 cm³/mol. The van der Waals surface area contributed by atoms with Crippen molar-refractivity contribution < 1.29 is 4.42 Å². The zero-order valence-electron chi connectivity index (χ0n) is 38.7. The largest absolute Gasteiger partial charge is 0.468 e. The van der Waals surface area contributed by atoms with Crippen LogP contribution in [0.2, 0.25) is 0 Å². The molecular formula is C57H61BN2O. The molecule has 0 fully saturated rings. The Hall–Kier alpha value is -5.48. The molecule has 0 bridgehead atoms. The van der Waals surface area contributed by atoms with Crippen molar-refractivity contribution in [2.75, 3.05) is 9.80 Å². The van der Waals surface area contributed by atoms with E-state index in [2.05, 4.69) is 209 Å². The summed E-state index contributed by atoms with van der Waals surface area (Å²) in [6, 6.07) is 42.2. The fraction of sp³-hybridized carbons (Fsp3) is 0.333. The maximum Gasteiger partial charge on any atom is 0.297 e. The summed E-state index contributed by atoms with van der Waals surface area (Å²) in [6.07, 6.45) is 2.32. The molecule has 10 rings (SSSR count). The molecule has 0 amide bonds. The van der Waals surface area contributed by atoms with Gasteiger partial charge in [0.1, 0.15) is 5.58 Å². The molecule has 7 aromatic rings. The number of furan rings is 1. The third-order valence-electron chi connectivity index (χ3n) is 14.5. The van der Waals surface area contributed by atoms with Gasteiger partial charge in [0.25, 0.3) is 6.71 Å². The van der Waals surface area contributed by atoms with Crippen LogP contribution in [0.5, 0.6) is 0 Å². The molecule has 0 unspecified atom stereocenters. The van der Waals surface area contributed by atoms with E-state index >= 15 is 0 Å². The van der Waals surface area contributed by atoms with Crippen LogP contribution >= 0.6 is 0 Å². The topological polar surface area (TPSA) is 19.6 Å².